The molecular weight excluding hydrogens is 381 g/mol. The number of carboxylic acid groups (broad SMARTS) is 1. The fourth-order valence-corrected chi connectivity index (χ4v) is 4.36. The third-order valence-electron chi connectivity index (χ3n) is 5.59. The Morgan fingerprint density at radius 2 is 1.77 bits per heavy atom. The van der Waals surface area contributed by atoms with Gasteiger partial charge in [-0.15, -0.1) is 0 Å². The van der Waals surface area contributed by atoms with Crippen molar-refractivity contribution < 1.29 is 14.3 Å². The second-order valence-corrected chi connectivity index (χ2v) is 7.76. The Morgan fingerprint density at radius 3 is 2.53 bits per heavy atom. The average molecular weight is 401 g/mol. The van der Waals surface area contributed by atoms with Crippen LogP contribution in [-0.4, -0.2) is 26.0 Å². The molecule has 0 aliphatic heterocycles. The Labute approximate surface area is 171 Å². The Morgan fingerprint density at radius 1 is 1.00 bits per heavy atom. The number of rotatable bonds is 4. The summed E-state index contributed by atoms with van der Waals surface area (Å²) in [5, 5.41) is 11.8. The van der Waals surface area contributed by atoms with E-state index in [2.05, 4.69) is 15.0 Å². The van der Waals surface area contributed by atoms with Crippen molar-refractivity contribution >= 4 is 27.8 Å². The van der Waals surface area contributed by atoms with E-state index in [-0.39, 0.29) is 17.4 Å². The summed E-state index contributed by atoms with van der Waals surface area (Å²) in [4.78, 5) is 21.6. The molecule has 0 fully saturated rings. The topological polar surface area (TPSA) is 84.7 Å². The van der Waals surface area contributed by atoms with Crippen LogP contribution in [0.4, 0.5) is 4.39 Å². The average Bonchev–Trinajstić information content (AvgIpc) is 3.42. The number of hydrogen-bond donors (Lipinski definition) is 4. The maximum absolute atomic E-state index is 14.4. The first-order valence-corrected chi connectivity index (χ1v) is 9.78. The molecule has 5 aromatic rings. The minimum atomic E-state index is -1.05. The van der Waals surface area contributed by atoms with E-state index in [1.807, 2.05) is 50.4 Å². The molecule has 0 spiro atoms. The molecule has 150 valence electrons. The predicted molar refractivity (Wildman–Crippen MR) is 116 cm³/mol. The van der Waals surface area contributed by atoms with Gasteiger partial charge in [-0.05, 0) is 35.7 Å². The maximum atomic E-state index is 14.4. The monoisotopic (exact) mass is 401 g/mol. The lowest BCUT2D eigenvalue weighted by Crippen LogP contribution is -1.99. The van der Waals surface area contributed by atoms with Crippen molar-refractivity contribution in [2.24, 2.45) is 0 Å². The van der Waals surface area contributed by atoms with Gasteiger partial charge in [0.05, 0.1) is 5.69 Å². The molecule has 5 rings (SSSR count). The first kappa shape index (κ1) is 18.2. The summed E-state index contributed by atoms with van der Waals surface area (Å²) in [6.45, 7) is 4.04. The normalized spacial score (nSPS) is 11.7. The van der Waals surface area contributed by atoms with Gasteiger partial charge in [0.1, 0.15) is 11.5 Å². The largest absolute Gasteiger partial charge is 0.477 e. The Hall–Kier alpha value is -3.80. The van der Waals surface area contributed by atoms with E-state index in [1.54, 1.807) is 6.20 Å². The van der Waals surface area contributed by atoms with E-state index < -0.39 is 5.97 Å². The molecule has 0 aliphatic carbocycles. The number of benzene rings is 2. The van der Waals surface area contributed by atoms with Crippen LogP contribution in [0.5, 0.6) is 0 Å². The van der Waals surface area contributed by atoms with Crippen LogP contribution in [0.1, 0.15) is 35.8 Å². The van der Waals surface area contributed by atoms with Crippen molar-refractivity contribution in [2.75, 3.05) is 0 Å². The quantitative estimate of drug-likeness (QED) is 0.286. The zero-order valence-electron chi connectivity index (χ0n) is 16.5. The molecule has 0 atom stereocenters. The van der Waals surface area contributed by atoms with E-state index in [0.29, 0.717) is 22.3 Å². The molecule has 0 saturated heterocycles. The van der Waals surface area contributed by atoms with E-state index in [9.17, 15) is 14.3 Å². The summed E-state index contributed by atoms with van der Waals surface area (Å²) in [6.07, 6.45) is 3.59. The summed E-state index contributed by atoms with van der Waals surface area (Å²) in [5.74, 6) is -1.43. The van der Waals surface area contributed by atoms with Crippen LogP contribution in [0.15, 0.2) is 54.9 Å². The highest BCUT2D eigenvalue weighted by atomic mass is 19.1. The summed E-state index contributed by atoms with van der Waals surface area (Å²) in [6, 6.07) is 12.6. The highest BCUT2D eigenvalue weighted by Gasteiger charge is 2.28. The number of aromatic nitrogens is 3. The molecule has 0 aliphatic rings. The van der Waals surface area contributed by atoms with Crippen LogP contribution in [0.2, 0.25) is 0 Å². The van der Waals surface area contributed by atoms with Gasteiger partial charge in [-0.25, -0.2) is 9.18 Å². The molecule has 0 unspecified atom stereocenters. The van der Waals surface area contributed by atoms with Crippen molar-refractivity contribution in [2.45, 2.75) is 19.8 Å². The number of halogens is 1. The van der Waals surface area contributed by atoms with Crippen molar-refractivity contribution in [1.82, 2.24) is 15.0 Å². The lowest BCUT2D eigenvalue weighted by atomic mass is 9.90. The highest BCUT2D eigenvalue weighted by molar-refractivity contribution is 6.07. The smallest absolute Gasteiger partial charge is 0.352 e. The van der Waals surface area contributed by atoms with Gasteiger partial charge < -0.3 is 20.1 Å². The van der Waals surface area contributed by atoms with Crippen molar-refractivity contribution in [1.29, 1.82) is 0 Å². The first-order chi connectivity index (χ1) is 14.5. The predicted octanol–water partition coefficient (Wildman–Crippen LogP) is 6.27. The van der Waals surface area contributed by atoms with Gasteiger partial charge in [-0.1, -0.05) is 32.0 Å². The van der Waals surface area contributed by atoms with Gasteiger partial charge in [0.15, 0.2) is 0 Å². The van der Waals surface area contributed by atoms with Gasteiger partial charge >= 0.3 is 5.97 Å². The van der Waals surface area contributed by atoms with Crippen LogP contribution < -0.4 is 0 Å². The van der Waals surface area contributed by atoms with Crippen LogP contribution in [0.3, 0.4) is 0 Å². The summed E-state index contributed by atoms with van der Waals surface area (Å²) >= 11 is 0. The molecule has 5 nitrogen and oxygen atoms in total. The van der Waals surface area contributed by atoms with E-state index in [1.165, 1.54) is 12.1 Å². The number of aromatic carboxylic acids is 1. The Bertz CT molecular complexity index is 1420. The van der Waals surface area contributed by atoms with Crippen LogP contribution in [-0.2, 0) is 0 Å². The SMILES string of the molecule is CC(C)c1c(-c2cc(F)cc3[nH]ccc23)[nH]c(C(=O)O)c1-c1c[nH]c2ccccc12. The Kier molecular flexibility index (Phi) is 4.03. The molecule has 3 heterocycles. The minimum Gasteiger partial charge on any atom is -0.477 e. The van der Waals surface area contributed by atoms with Gasteiger partial charge in [-0.3, -0.25) is 0 Å². The number of carboxylic acids is 1. The second kappa shape index (κ2) is 6.62. The van der Waals surface area contributed by atoms with Crippen LogP contribution >= 0.6 is 0 Å². The number of para-hydroxylation sites is 1. The van der Waals surface area contributed by atoms with Gasteiger partial charge in [0, 0.05) is 50.9 Å². The van der Waals surface area contributed by atoms with Crippen LogP contribution in [0.25, 0.3) is 44.2 Å². The Balaban J connectivity index is 1.90. The minimum absolute atomic E-state index is 0.00488. The molecule has 3 aromatic heterocycles. The number of hydrogen-bond acceptors (Lipinski definition) is 1. The third kappa shape index (κ3) is 2.64. The molecule has 30 heavy (non-hydrogen) atoms. The third-order valence-corrected chi connectivity index (χ3v) is 5.59. The lowest BCUT2D eigenvalue weighted by Gasteiger charge is -2.12. The van der Waals surface area contributed by atoms with Crippen molar-refractivity contribution in [3.8, 4) is 22.4 Å². The van der Waals surface area contributed by atoms with Crippen molar-refractivity contribution in [3.05, 3.63) is 71.9 Å². The molecule has 6 heteroatoms. The lowest BCUT2D eigenvalue weighted by molar-refractivity contribution is 0.0692. The molecule has 0 bridgehead atoms. The second-order valence-electron chi connectivity index (χ2n) is 7.76. The first-order valence-electron chi connectivity index (χ1n) is 9.78. The molecular formula is C24H20FN3O2. The standard InChI is InChI=1S/C24H20FN3O2/c1-12(2)20-21(17-11-27-18-6-4-3-5-14(17)18)23(24(29)30)28-22(20)16-9-13(25)10-19-15(16)7-8-26-19/h3-12,26-28H,1-2H3,(H,29,30). The summed E-state index contributed by atoms with van der Waals surface area (Å²) in [5.41, 5.74) is 5.28. The molecule has 4 N–H and O–H groups in total. The highest BCUT2D eigenvalue weighted by Crippen LogP contribution is 2.44. The fraction of sp³-hybridized carbons (Fsp3) is 0.125. The van der Waals surface area contributed by atoms with Gasteiger partial charge in [0.2, 0.25) is 0 Å². The molecule has 0 saturated carbocycles. The number of aromatic amines is 3. The summed E-state index contributed by atoms with van der Waals surface area (Å²) < 4.78 is 14.4. The van der Waals surface area contributed by atoms with Gasteiger partial charge in [0.25, 0.3) is 0 Å². The van der Waals surface area contributed by atoms with E-state index in [4.69, 9.17) is 0 Å². The van der Waals surface area contributed by atoms with E-state index in [0.717, 1.165) is 27.4 Å². The zero-order chi connectivity index (χ0) is 21.0. The molecule has 0 radical (unpaired) electrons. The molecule has 0 amide bonds. The number of H-pyrrole nitrogens is 3. The van der Waals surface area contributed by atoms with E-state index >= 15 is 0 Å². The molecule has 2 aromatic carbocycles. The fourth-order valence-electron chi connectivity index (χ4n) is 4.36. The summed E-state index contributed by atoms with van der Waals surface area (Å²) in [7, 11) is 0. The number of carbonyl (C=O) groups is 1. The zero-order valence-corrected chi connectivity index (χ0v) is 16.5. The number of fused-ring (bicyclic) bond motifs is 2. The van der Waals surface area contributed by atoms with Crippen molar-refractivity contribution in [3.63, 3.8) is 0 Å². The maximum Gasteiger partial charge on any atom is 0.352 e. The van der Waals surface area contributed by atoms with Gasteiger partial charge in [-0.2, -0.15) is 0 Å². The number of nitrogens with one attached hydrogen (secondary N) is 3. The van der Waals surface area contributed by atoms with Crippen LogP contribution in [0, 0.1) is 5.82 Å².